The van der Waals surface area contributed by atoms with Gasteiger partial charge in [-0.1, -0.05) is 0 Å². The minimum Gasteiger partial charge on any atom is -0.497 e. The minimum absolute atomic E-state index is 0.251. The standard InChI is InChI=1S/C17H15F3N2O5S2/c1-27-12-3-5-13(6-4-12)28(23,24)14-7-8-15(17(18,19)20)16(11-14)29(25,26)22-10-2-9-21/h3-8,11,22H,2,10H2,1H3. The van der Waals surface area contributed by atoms with Crippen molar-refractivity contribution in [3.8, 4) is 11.8 Å². The number of rotatable bonds is 7. The number of sulfonamides is 1. The highest BCUT2D eigenvalue weighted by Gasteiger charge is 2.38. The Kier molecular flexibility index (Phi) is 6.56. The summed E-state index contributed by atoms with van der Waals surface area (Å²) in [5.74, 6) is 0.362. The predicted octanol–water partition coefficient (Wildman–Crippen LogP) is 2.74. The van der Waals surface area contributed by atoms with E-state index in [1.807, 2.05) is 4.72 Å². The zero-order valence-corrected chi connectivity index (χ0v) is 16.5. The lowest BCUT2D eigenvalue weighted by Crippen LogP contribution is -2.27. The monoisotopic (exact) mass is 448 g/mol. The number of ether oxygens (including phenoxy) is 1. The van der Waals surface area contributed by atoms with Crippen molar-refractivity contribution in [2.45, 2.75) is 27.3 Å². The maximum atomic E-state index is 13.3. The van der Waals surface area contributed by atoms with Crippen LogP contribution in [0.4, 0.5) is 13.2 Å². The summed E-state index contributed by atoms with van der Waals surface area (Å²) in [6, 6.07) is 8.25. The lowest BCUT2D eigenvalue weighted by atomic mass is 10.2. The first kappa shape index (κ1) is 22.7. The molecule has 0 aliphatic carbocycles. The summed E-state index contributed by atoms with van der Waals surface area (Å²) in [5.41, 5.74) is -1.52. The number of benzene rings is 2. The number of hydrogen-bond acceptors (Lipinski definition) is 6. The third kappa shape index (κ3) is 5.06. The molecule has 0 atom stereocenters. The van der Waals surface area contributed by atoms with E-state index in [1.54, 1.807) is 6.07 Å². The first-order chi connectivity index (χ1) is 13.4. The van der Waals surface area contributed by atoms with Crippen LogP contribution in [0.1, 0.15) is 12.0 Å². The van der Waals surface area contributed by atoms with Crippen LogP contribution in [0.15, 0.2) is 57.2 Å². The molecule has 156 valence electrons. The van der Waals surface area contributed by atoms with Gasteiger partial charge in [0.2, 0.25) is 19.9 Å². The highest BCUT2D eigenvalue weighted by molar-refractivity contribution is 7.91. The molecule has 0 unspecified atom stereocenters. The molecule has 0 fully saturated rings. The van der Waals surface area contributed by atoms with Gasteiger partial charge in [-0.05, 0) is 42.5 Å². The van der Waals surface area contributed by atoms with Crippen LogP contribution in [0.2, 0.25) is 0 Å². The van der Waals surface area contributed by atoms with Gasteiger partial charge in [-0.3, -0.25) is 0 Å². The number of methoxy groups -OCH3 is 1. The zero-order valence-electron chi connectivity index (χ0n) is 14.9. The van der Waals surface area contributed by atoms with Crippen molar-refractivity contribution in [1.29, 1.82) is 5.26 Å². The summed E-state index contributed by atoms with van der Waals surface area (Å²) in [5, 5.41) is 8.48. The Morgan fingerprint density at radius 2 is 1.62 bits per heavy atom. The molecular weight excluding hydrogens is 433 g/mol. The Morgan fingerprint density at radius 3 is 2.14 bits per heavy atom. The lowest BCUT2D eigenvalue weighted by molar-refractivity contribution is -0.139. The number of nitriles is 1. The van der Waals surface area contributed by atoms with Crippen LogP contribution in [0.25, 0.3) is 0 Å². The number of halogens is 3. The van der Waals surface area contributed by atoms with Gasteiger partial charge in [-0.2, -0.15) is 18.4 Å². The highest BCUT2D eigenvalue weighted by Crippen LogP contribution is 2.36. The van der Waals surface area contributed by atoms with Crippen LogP contribution in [0.3, 0.4) is 0 Å². The van der Waals surface area contributed by atoms with Crippen molar-refractivity contribution >= 4 is 19.9 Å². The van der Waals surface area contributed by atoms with Gasteiger partial charge in [0, 0.05) is 13.0 Å². The van der Waals surface area contributed by atoms with Gasteiger partial charge in [0.25, 0.3) is 0 Å². The van der Waals surface area contributed by atoms with Crippen LogP contribution in [0.5, 0.6) is 5.75 Å². The molecule has 0 bridgehead atoms. The first-order valence-electron chi connectivity index (χ1n) is 7.90. The summed E-state index contributed by atoms with van der Waals surface area (Å²) >= 11 is 0. The second-order valence-electron chi connectivity index (χ2n) is 5.64. The van der Waals surface area contributed by atoms with E-state index in [0.29, 0.717) is 23.9 Å². The smallest absolute Gasteiger partial charge is 0.417 e. The van der Waals surface area contributed by atoms with Crippen molar-refractivity contribution in [3.63, 3.8) is 0 Å². The van der Waals surface area contributed by atoms with Crippen LogP contribution < -0.4 is 9.46 Å². The highest BCUT2D eigenvalue weighted by atomic mass is 32.2. The zero-order chi connectivity index (χ0) is 21.9. The number of alkyl halides is 3. The molecule has 0 heterocycles. The molecule has 0 radical (unpaired) electrons. The Morgan fingerprint density at radius 1 is 1.03 bits per heavy atom. The van der Waals surface area contributed by atoms with Gasteiger partial charge in [0.1, 0.15) is 5.75 Å². The van der Waals surface area contributed by atoms with Crippen LogP contribution >= 0.6 is 0 Å². The number of sulfone groups is 1. The van der Waals surface area contributed by atoms with Gasteiger partial charge >= 0.3 is 6.18 Å². The average Bonchev–Trinajstić information content (AvgIpc) is 2.67. The third-order valence-corrected chi connectivity index (χ3v) is 7.03. The summed E-state index contributed by atoms with van der Waals surface area (Å²) in [6.45, 7) is -0.425. The molecule has 2 aromatic rings. The van der Waals surface area contributed by atoms with E-state index in [1.165, 1.54) is 31.4 Å². The van der Waals surface area contributed by atoms with Crippen molar-refractivity contribution in [2.75, 3.05) is 13.7 Å². The molecule has 0 saturated heterocycles. The van der Waals surface area contributed by atoms with E-state index in [-0.39, 0.29) is 11.3 Å². The molecule has 0 amide bonds. The number of nitrogens with one attached hydrogen (secondary N) is 1. The fourth-order valence-corrected chi connectivity index (χ4v) is 4.98. The van der Waals surface area contributed by atoms with E-state index in [2.05, 4.69) is 0 Å². The maximum Gasteiger partial charge on any atom is 0.417 e. The van der Waals surface area contributed by atoms with E-state index in [9.17, 15) is 30.0 Å². The molecule has 2 aromatic carbocycles. The molecule has 0 saturated carbocycles. The summed E-state index contributed by atoms with van der Waals surface area (Å²) in [6.07, 6.45) is -5.31. The fraction of sp³-hybridized carbons (Fsp3) is 0.235. The summed E-state index contributed by atoms with van der Waals surface area (Å²) < 4.78 is 96.9. The van der Waals surface area contributed by atoms with Crippen molar-refractivity contribution in [1.82, 2.24) is 4.72 Å². The molecule has 0 aliphatic heterocycles. The minimum atomic E-state index is -5.04. The molecule has 1 N–H and O–H groups in total. The van der Waals surface area contributed by atoms with Gasteiger partial charge in [-0.15, -0.1) is 0 Å². The van der Waals surface area contributed by atoms with Crippen LogP contribution in [0, 0.1) is 11.3 Å². The molecular formula is C17H15F3N2O5S2. The fourth-order valence-electron chi connectivity index (χ4n) is 2.34. The van der Waals surface area contributed by atoms with E-state index in [4.69, 9.17) is 10.00 Å². The quantitative estimate of drug-likeness (QED) is 0.652. The average molecular weight is 448 g/mol. The SMILES string of the molecule is COc1ccc(S(=O)(=O)c2ccc(C(F)(F)F)c(S(=O)(=O)NCCC#N)c2)cc1. The second-order valence-corrected chi connectivity index (χ2v) is 9.33. The van der Waals surface area contributed by atoms with Crippen molar-refractivity contribution in [3.05, 3.63) is 48.0 Å². The summed E-state index contributed by atoms with van der Waals surface area (Å²) in [4.78, 5) is -2.12. The maximum absolute atomic E-state index is 13.3. The van der Waals surface area contributed by atoms with Crippen molar-refractivity contribution in [2.24, 2.45) is 0 Å². The van der Waals surface area contributed by atoms with Gasteiger partial charge < -0.3 is 4.74 Å². The predicted molar refractivity (Wildman–Crippen MR) is 95.3 cm³/mol. The van der Waals surface area contributed by atoms with Gasteiger partial charge in [-0.25, -0.2) is 21.6 Å². The molecule has 7 nitrogen and oxygen atoms in total. The largest absolute Gasteiger partial charge is 0.497 e. The molecule has 29 heavy (non-hydrogen) atoms. The molecule has 2 rings (SSSR count). The summed E-state index contributed by atoms with van der Waals surface area (Å²) in [7, 11) is -7.66. The Bertz CT molecular complexity index is 1140. The molecule has 0 aromatic heterocycles. The second kappa shape index (κ2) is 8.40. The normalized spacial score (nSPS) is 12.4. The van der Waals surface area contributed by atoms with Gasteiger partial charge in [0.05, 0.1) is 33.4 Å². The topological polar surface area (TPSA) is 113 Å². The van der Waals surface area contributed by atoms with E-state index >= 15 is 0 Å². The number of hydrogen-bond donors (Lipinski definition) is 1. The lowest BCUT2D eigenvalue weighted by Gasteiger charge is -2.15. The first-order valence-corrected chi connectivity index (χ1v) is 10.9. The van der Waals surface area contributed by atoms with Crippen molar-refractivity contribution < 1.29 is 34.7 Å². The number of nitrogens with zero attached hydrogens (tertiary/aromatic N) is 1. The van der Waals surface area contributed by atoms with Crippen LogP contribution in [-0.4, -0.2) is 30.5 Å². The molecule has 0 aliphatic rings. The Hall–Kier alpha value is -2.62. The van der Waals surface area contributed by atoms with E-state index < -0.39 is 47.9 Å². The Balaban J connectivity index is 2.62. The molecule has 12 heteroatoms. The third-order valence-electron chi connectivity index (χ3n) is 3.76. The van der Waals surface area contributed by atoms with E-state index in [0.717, 1.165) is 0 Å². The van der Waals surface area contributed by atoms with Gasteiger partial charge in [0.15, 0.2) is 0 Å². The van der Waals surface area contributed by atoms with Crippen LogP contribution in [-0.2, 0) is 26.0 Å². The Labute approximate surface area is 165 Å². The molecule has 0 spiro atoms.